The zero-order valence-corrected chi connectivity index (χ0v) is 16.4. The van der Waals surface area contributed by atoms with E-state index in [4.69, 9.17) is 4.74 Å². The first kappa shape index (κ1) is 18.7. The summed E-state index contributed by atoms with van der Waals surface area (Å²) in [7, 11) is -3.46. The van der Waals surface area contributed by atoms with Gasteiger partial charge in [0.15, 0.2) is 0 Å². The first-order valence-electron chi connectivity index (χ1n) is 8.96. The Balaban J connectivity index is 1.70. The van der Waals surface area contributed by atoms with Crippen molar-refractivity contribution in [1.82, 2.24) is 4.31 Å². The Morgan fingerprint density at radius 2 is 1.50 bits per heavy atom. The molecule has 1 heterocycles. The van der Waals surface area contributed by atoms with Gasteiger partial charge in [-0.15, -0.1) is 0 Å². The van der Waals surface area contributed by atoms with Crippen LogP contribution in [0.25, 0.3) is 0 Å². The molecule has 0 N–H and O–H groups in total. The van der Waals surface area contributed by atoms with Crippen LogP contribution in [-0.2, 0) is 10.0 Å². The molecular formula is C20H26N2O3S. The lowest BCUT2D eigenvalue weighted by Gasteiger charge is -2.35. The molecule has 1 saturated heterocycles. The molecule has 0 spiro atoms. The molecule has 26 heavy (non-hydrogen) atoms. The zero-order valence-electron chi connectivity index (χ0n) is 15.6. The van der Waals surface area contributed by atoms with E-state index in [0.29, 0.717) is 43.4 Å². The molecule has 0 radical (unpaired) electrons. The van der Waals surface area contributed by atoms with Crippen molar-refractivity contribution in [1.29, 1.82) is 0 Å². The summed E-state index contributed by atoms with van der Waals surface area (Å²) in [5, 5.41) is 0. The number of rotatable bonds is 5. The van der Waals surface area contributed by atoms with Crippen molar-refractivity contribution in [3.8, 4) is 5.75 Å². The summed E-state index contributed by atoms with van der Waals surface area (Å²) in [6.45, 7) is 9.00. The molecule has 0 saturated carbocycles. The van der Waals surface area contributed by atoms with Crippen LogP contribution in [0.5, 0.6) is 5.75 Å². The van der Waals surface area contributed by atoms with Crippen molar-refractivity contribution in [2.45, 2.75) is 25.7 Å². The van der Waals surface area contributed by atoms with Crippen LogP contribution in [0.4, 0.5) is 5.69 Å². The number of hydrogen-bond donors (Lipinski definition) is 0. The summed E-state index contributed by atoms with van der Waals surface area (Å²) in [5.74, 6) is 0.686. The standard InChI is InChI=1S/C20H26N2O3S/c1-4-25-19-5-7-20(8-6-19)26(23,24)22-11-9-21(10-12-22)18-14-16(2)13-17(3)15-18/h5-8,13-15H,4,9-12H2,1-3H3. The van der Waals surface area contributed by atoms with Gasteiger partial charge in [0, 0.05) is 31.9 Å². The average Bonchev–Trinajstić information content (AvgIpc) is 2.62. The summed E-state index contributed by atoms with van der Waals surface area (Å²) in [6, 6.07) is 13.1. The molecule has 1 aliphatic heterocycles. The molecule has 140 valence electrons. The highest BCUT2D eigenvalue weighted by atomic mass is 32.2. The lowest BCUT2D eigenvalue weighted by molar-refractivity contribution is 0.340. The van der Waals surface area contributed by atoms with Gasteiger partial charge in [0.25, 0.3) is 0 Å². The van der Waals surface area contributed by atoms with Gasteiger partial charge in [0.1, 0.15) is 5.75 Å². The molecule has 0 unspecified atom stereocenters. The third-order valence-corrected chi connectivity index (χ3v) is 6.50. The third-order valence-electron chi connectivity index (χ3n) is 4.58. The molecule has 1 fully saturated rings. The smallest absolute Gasteiger partial charge is 0.243 e. The second-order valence-electron chi connectivity index (χ2n) is 6.64. The molecule has 0 amide bonds. The third kappa shape index (κ3) is 4.02. The molecular weight excluding hydrogens is 348 g/mol. The van der Waals surface area contributed by atoms with Gasteiger partial charge in [-0.1, -0.05) is 6.07 Å². The minimum Gasteiger partial charge on any atom is -0.494 e. The highest BCUT2D eigenvalue weighted by Crippen LogP contribution is 2.24. The predicted molar refractivity (Wildman–Crippen MR) is 104 cm³/mol. The number of nitrogens with zero attached hydrogens (tertiary/aromatic N) is 2. The van der Waals surface area contributed by atoms with Gasteiger partial charge in [-0.2, -0.15) is 4.31 Å². The van der Waals surface area contributed by atoms with E-state index in [-0.39, 0.29) is 0 Å². The SMILES string of the molecule is CCOc1ccc(S(=O)(=O)N2CCN(c3cc(C)cc(C)c3)CC2)cc1. The molecule has 0 bridgehead atoms. The molecule has 6 heteroatoms. The Morgan fingerprint density at radius 3 is 2.04 bits per heavy atom. The van der Waals surface area contributed by atoms with Crippen molar-refractivity contribution in [2.75, 3.05) is 37.7 Å². The fourth-order valence-corrected chi connectivity index (χ4v) is 4.77. The molecule has 1 aliphatic rings. The van der Waals surface area contributed by atoms with Crippen LogP contribution in [0, 0.1) is 13.8 Å². The first-order valence-corrected chi connectivity index (χ1v) is 10.4. The number of ether oxygens (including phenoxy) is 1. The second kappa shape index (κ2) is 7.68. The van der Waals surface area contributed by atoms with Crippen LogP contribution in [0.3, 0.4) is 0 Å². The Kier molecular flexibility index (Phi) is 5.53. The molecule has 0 atom stereocenters. The fraction of sp³-hybridized carbons (Fsp3) is 0.400. The van der Waals surface area contributed by atoms with Crippen molar-refractivity contribution < 1.29 is 13.2 Å². The zero-order chi connectivity index (χ0) is 18.7. The molecule has 0 aromatic heterocycles. The summed E-state index contributed by atoms with van der Waals surface area (Å²) >= 11 is 0. The summed E-state index contributed by atoms with van der Waals surface area (Å²) in [6.07, 6.45) is 0. The van der Waals surface area contributed by atoms with E-state index in [0.717, 1.165) is 0 Å². The Bertz CT molecular complexity index is 835. The van der Waals surface area contributed by atoms with Gasteiger partial charge in [-0.05, 0) is 68.3 Å². The fourth-order valence-electron chi connectivity index (χ4n) is 3.34. The molecule has 3 rings (SSSR count). The lowest BCUT2D eigenvalue weighted by atomic mass is 10.1. The maximum absolute atomic E-state index is 12.9. The number of hydrogen-bond acceptors (Lipinski definition) is 4. The number of sulfonamides is 1. The van der Waals surface area contributed by atoms with Gasteiger partial charge < -0.3 is 9.64 Å². The molecule has 2 aromatic rings. The van der Waals surface area contributed by atoms with E-state index in [1.807, 2.05) is 6.92 Å². The first-order chi connectivity index (χ1) is 12.4. The number of aryl methyl sites for hydroxylation is 2. The van der Waals surface area contributed by atoms with Gasteiger partial charge in [0.05, 0.1) is 11.5 Å². The quantitative estimate of drug-likeness (QED) is 0.806. The maximum atomic E-state index is 12.9. The van der Waals surface area contributed by atoms with Crippen molar-refractivity contribution >= 4 is 15.7 Å². The Hall–Kier alpha value is -2.05. The molecule has 5 nitrogen and oxygen atoms in total. The summed E-state index contributed by atoms with van der Waals surface area (Å²) < 4.78 is 32.7. The molecule has 0 aliphatic carbocycles. The van der Waals surface area contributed by atoms with E-state index < -0.39 is 10.0 Å². The van der Waals surface area contributed by atoms with E-state index in [1.54, 1.807) is 28.6 Å². The average molecular weight is 375 g/mol. The molecule has 2 aromatic carbocycles. The van der Waals surface area contributed by atoms with Crippen molar-refractivity contribution in [2.24, 2.45) is 0 Å². The van der Waals surface area contributed by atoms with Crippen molar-refractivity contribution in [3.63, 3.8) is 0 Å². The van der Waals surface area contributed by atoms with Crippen LogP contribution < -0.4 is 9.64 Å². The van der Waals surface area contributed by atoms with Crippen LogP contribution >= 0.6 is 0 Å². The minimum atomic E-state index is -3.46. The normalized spacial score (nSPS) is 15.9. The highest BCUT2D eigenvalue weighted by molar-refractivity contribution is 7.89. The van der Waals surface area contributed by atoms with Crippen LogP contribution in [0.15, 0.2) is 47.4 Å². The van der Waals surface area contributed by atoms with Crippen LogP contribution in [0.1, 0.15) is 18.1 Å². The monoisotopic (exact) mass is 374 g/mol. The van der Waals surface area contributed by atoms with Gasteiger partial charge >= 0.3 is 0 Å². The van der Waals surface area contributed by atoms with Crippen molar-refractivity contribution in [3.05, 3.63) is 53.6 Å². The van der Waals surface area contributed by atoms with E-state index in [1.165, 1.54) is 16.8 Å². The number of piperazine rings is 1. The van der Waals surface area contributed by atoms with Gasteiger partial charge in [-0.3, -0.25) is 0 Å². The summed E-state index contributed by atoms with van der Waals surface area (Å²) in [5.41, 5.74) is 3.62. The Labute approximate surface area is 156 Å². The number of anilines is 1. The van der Waals surface area contributed by atoms with Crippen LogP contribution in [0.2, 0.25) is 0 Å². The van der Waals surface area contributed by atoms with Gasteiger partial charge in [-0.25, -0.2) is 8.42 Å². The van der Waals surface area contributed by atoms with E-state index in [2.05, 4.69) is 36.9 Å². The number of benzene rings is 2. The topological polar surface area (TPSA) is 49.9 Å². The second-order valence-corrected chi connectivity index (χ2v) is 8.58. The Morgan fingerprint density at radius 1 is 0.923 bits per heavy atom. The van der Waals surface area contributed by atoms with E-state index in [9.17, 15) is 8.42 Å². The van der Waals surface area contributed by atoms with E-state index >= 15 is 0 Å². The van der Waals surface area contributed by atoms with Crippen LogP contribution in [-0.4, -0.2) is 45.5 Å². The summed E-state index contributed by atoms with van der Waals surface area (Å²) in [4.78, 5) is 2.57. The lowest BCUT2D eigenvalue weighted by Crippen LogP contribution is -2.48. The maximum Gasteiger partial charge on any atom is 0.243 e. The minimum absolute atomic E-state index is 0.320. The largest absolute Gasteiger partial charge is 0.494 e. The van der Waals surface area contributed by atoms with Gasteiger partial charge in [0.2, 0.25) is 10.0 Å². The highest BCUT2D eigenvalue weighted by Gasteiger charge is 2.28. The predicted octanol–water partition coefficient (Wildman–Crippen LogP) is 3.21.